The number of fused-ring (bicyclic) bond motifs is 4. The van der Waals surface area contributed by atoms with Gasteiger partial charge in [0.15, 0.2) is 23.0 Å². The molecule has 24 heteroatoms. The van der Waals surface area contributed by atoms with Gasteiger partial charge in [-0.05, 0) is 196 Å². The summed E-state index contributed by atoms with van der Waals surface area (Å²) >= 11 is 0. The molecule has 4 heterocycles. The first-order valence-corrected chi connectivity index (χ1v) is 31.2. The molecular formula is C78H65F4N5O15. The van der Waals surface area contributed by atoms with Crippen LogP contribution in [0.1, 0.15) is 108 Å². The maximum atomic E-state index is 13.5. The molecule has 0 unspecified atom stereocenters. The lowest BCUT2D eigenvalue weighted by molar-refractivity contribution is 0.0588. The summed E-state index contributed by atoms with van der Waals surface area (Å²) in [4.78, 5) is 78.6. The van der Waals surface area contributed by atoms with Crippen molar-refractivity contribution in [1.82, 2.24) is 19.9 Å². The Morgan fingerprint density at radius 3 is 0.931 bits per heavy atom. The number of aliphatic hydroxyl groups excluding tert-OH is 1. The molecule has 0 saturated heterocycles. The lowest BCUT2D eigenvalue weighted by Gasteiger charge is -2.16. The Morgan fingerprint density at radius 2 is 0.637 bits per heavy atom. The standard InChI is InChI=1S/C37H28F2N2O6.C21H19FN2O5.C20H18FNO4/c1-46-36(44)30-16-24(28-13-22(18-40-32(28)34(30)42)11-20-3-7-26(38)8-4-20)15-25-17-31(37(45)47-2)35(43)33-29(25)14-23(19-41-33)12-21-5-9-27(39)10-6-21;1-27-19-17(20(25)28-2)9-14(11-29-21(23)26)16-8-13(10-24-18(16)19)7-12-3-5-15(22)6-4-12;1-25-19-17(20(24)26-2)9-14(11-23)16-8-13(10-22-18(16)19)7-12-3-5-15(21)6-4-12/h3-10,13-14,16-19,42-43H,11-12,15H2,1-2H3;3-6,8-10H,7,11H2,1-2H3,(H2,23,26);3-6,8-10,23H,7,11H2,1-2H3. The van der Waals surface area contributed by atoms with Crippen LogP contribution in [-0.2, 0) is 69.0 Å². The molecule has 1 amide bonds. The minimum atomic E-state index is -0.941. The predicted molar refractivity (Wildman–Crippen MR) is 369 cm³/mol. The molecule has 0 fully saturated rings. The van der Waals surface area contributed by atoms with Crippen LogP contribution in [0.15, 0.2) is 170 Å². The van der Waals surface area contributed by atoms with E-state index in [1.807, 2.05) is 24.3 Å². The number of primary amides is 1. The molecule has 0 atom stereocenters. The average molecular weight is 1390 g/mol. The quantitative estimate of drug-likeness (QED) is 0.0332. The van der Waals surface area contributed by atoms with Gasteiger partial charge >= 0.3 is 30.0 Å². The number of hydrogen-bond acceptors (Lipinski definition) is 19. The average Bonchev–Trinajstić information content (AvgIpc) is 0.774. The number of ether oxygens (including phenoxy) is 7. The van der Waals surface area contributed by atoms with E-state index >= 15 is 0 Å². The van der Waals surface area contributed by atoms with Crippen molar-refractivity contribution in [2.75, 3.05) is 42.7 Å². The van der Waals surface area contributed by atoms with Gasteiger partial charge in [-0.2, -0.15) is 0 Å². The molecule has 0 bridgehead atoms. The molecule has 102 heavy (non-hydrogen) atoms. The molecular weight excluding hydrogens is 1320 g/mol. The third-order valence-electron chi connectivity index (χ3n) is 16.6. The number of nitrogens with two attached hydrogens (primary N) is 1. The number of aromatic nitrogens is 4. The van der Waals surface area contributed by atoms with E-state index in [9.17, 15) is 56.9 Å². The molecule has 0 radical (unpaired) electrons. The van der Waals surface area contributed by atoms with Crippen LogP contribution >= 0.6 is 0 Å². The highest BCUT2D eigenvalue weighted by Gasteiger charge is 2.26. The summed E-state index contributed by atoms with van der Waals surface area (Å²) in [6.45, 7) is -0.409. The predicted octanol–water partition coefficient (Wildman–Crippen LogP) is 13.4. The molecule has 520 valence electrons. The normalized spacial score (nSPS) is 10.9. The summed E-state index contributed by atoms with van der Waals surface area (Å²) < 4.78 is 88.4. The molecule has 4 aromatic heterocycles. The van der Waals surface area contributed by atoms with E-state index in [-0.39, 0.29) is 93.4 Å². The summed E-state index contributed by atoms with van der Waals surface area (Å²) in [5.41, 5.74) is 15.5. The Labute approximate surface area is 580 Å². The van der Waals surface area contributed by atoms with E-state index in [1.165, 1.54) is 109 Å². The number of carbonyl (C=O) groups is 5. The van der Waals surface area contributed by atoms with Crippen molar-refractivity contribution in [3.05, 3.63) is 283 Å². The van der Waals surface area contributed by atoms with Crippen molar-refractivity contribution in [2.24, 2.45) is 5.73 Å². The van der Waals surface area contributed by atoms with Gasteiger partial charge in [0, 0.05) is 46.3 Å². The van der Waals surface area contributed by atoms with Crippen molar-refractivity contribution in [1.29, 1.82) is 0 Å². The number of aliphatic hydroxyl groups is 1. The first kappa shape index (κ1) is 72.2. The second-order valence-corrected chi connectivity index (χ2v) is 23.2. The number of carbonyl (C=O) groups excluding carboxylic acids is 5. The van der Waals surface area contributed by atoms with Gasteiger partial charge in [-0.1, -0.05) is 48.5 Å². The molecule has 12 rings (SSSR count). The van der Waals surface area contributed by atoms with E-state index in [4.69, 9.17) is 38.9 Å². The summed E-state index contributed by atoms with van der Waals surface area (Å²) in [6, 6.07) is 38.1. The van der Waals surface area contributed by atoms with Gasteiger partial charge in [-0.25, -0.2) is 41.5 Å². The second kappa shape index (κ2) is 32.4. The zero-order chi connectivity index (χ0) is 72.9. The number of phenols is 2. The van der Waals surface area contributed by atoms with E-state index in [2.05, 4.69) is 19.9 Å². The van der Waals surface area contributed by atoms with E-state index in [0.29, 0.717) is 86.3 Å². The number of aromatic hydroxyl groups is 2. The molecule has 0 aliphatic heterocycles. The number of benzene rings is 8. The highest BCUT2D eigenvalue weighted by atomic mass is 19.1. The fourth-order valence-corrected chi connectivity index (χ4v) is 11.6. The minimum Gasteiger partial charge on any atom is -0.505 e. The topological polar surface area (TPSA) is 288 Å². The van der Waals surface area contributed by atoms with Crippen molar-refractivity contribution in [3.63, 3.8) is 0 Å². The van der Waals surface area contributed by atoms with E-state index in [1.54, 1.807) is 79.4 Å². The number of pyridine rings is 4. The van der Waals surface area contributed by atoms with E-state index in [0.717, 1.165) is 44.5 Å². The number of hydrogen-bond donors (Lipinski definition) is 4. The van der Waals surface area contributed by atoms with Crippen LogP contribution in [0.3, 0.4) is 0 Å². The Hall–Kier alpha value is -12.6. The molecule has 8 aromatic carbocycles. The molecule has 0 aliphatic rings. The second-order valence-electron chi connectivity index (χ2n) is 23.2. The van der Waals surface area contributed by atoms with Crippen LogP contribution in [0.2, 0.25) is 0 Å². The summed E-state index contributed by atoms with van der Waals surface area (Å²) in [5.74, 6) is -4.14. The summed E-state index contributed by atoms with van der Waals surface area (Å²) in [6.07, 6.45) is 7.58. The minimum absolute atomic E-state index is 0.0971. The lowest BCUT2D eigenvalue weighted by Crippen LogP contribution is -2.14. The van der Waals surface area contributed by atoms with Gasteiger partial charge in [0.2, 0.25) is 0 Å². The molecule has 5 N–H and O–H groups in total. The van der Waals surface area contributed by atoms with Gasteiger partial charge in [-0.15, -0.1) is 0 Å². The Bertz CT molecular complexity index is 5010. The largest absolute Gasteiger partial charge is 0.505 e. The van der Waals surface area contributed by atoms with Gasteiger partial charge in [0.25, 0.3) is 0 Å². The highest BCUT2D eigenvalue weighted by Crippen LogP contribution is 2.39. The van der Waals surface area contributed by atoms with E-state index < -0.39 is 30.0 Å². The maximum Gasteiger partial charge on any atom is 0.404 e. The molecule has 12 aromatic rings. The first-order valence-electron chi connectivity index (χ1n) is 31.2. The number of esters is 4. The van der Waals surface area contributed by atoms with Crippen LogP contribution in [0, 0.1) is 23.3 Å². The van der Waals surface area contributed by atoms with Gasteiger partial charge in [0.05, 0.1) is 49.3 Å². The Balaban J connectivity index is 0.000000175. The van der Waals surface area contributed by atoms with Crippen LogP contribution in [-0.4, -0.2) is 108 Å². The monoisotopic (exact) mass is 1390 g/mol. The van der Waals surface area contributed by atoms with Crippen molar-refractivity contribution in [2.45, 2.75) is 45.3 Å². The number of methoxy groups -OCH3 is 6. The third-order valence-corrected chi connectivity index (χ3v) is 16.6. The SMILES string of the molecule is COC(=O)c1cc(CO)c2cc(Cc3ccc(F)cc3)cnc2c1OC.COC(=O)c1cc(COC(N)=O)c2cc(Cc3ccc(F)cc3)cnc2c1OC.COC(=O)c1cc(Cc2cc(C(=O)OC)c(O)c3ncc(Cc4ccc(F)cc4)cc23)c2cc(Cc3ccc(F)cc3)cnc2c1O. The van der Waals surface area contributed by atoms with Crippen LogP contribution in [0.5, 0.6) is 23.0 Å². The number of phenolic OH excluding ortho intramolecular Hbond substituents is 2. The number of rotatable bonds is 19. The van der Waals surface area contributed by atoms with Gasteiger partial charge in [-0.3, -0.25) is 19.9 Å². The van der Waals surface area contributed by atoms with Crippen molar-refractivity contribution in [3.8, 4) is 23.0 Å². The maximum absolute atomic E-state index is 13.5. The smallest absolute Gasteiger partial charge is 0.404 e. The van der Waals surface area contributed by atoms with Crippen LogP contribution < -0.4 is 15.2 Å². The first-order chi connectivity index (χ1) is 49.1. The number of halogens is 4. The van der Waals surface area contributed by atoms with Crippen molar-refractivity contribution < 1.29 is 90.0 Å². The van der Waals surface area contributed by atoms with Crippen molar-refractivity contribution >= 4 is 73.6 Å². The Kier molecular flexibility index (Phi) is 22.9. The van der Waals surface area contributed by atoms with Gasteiger partial charge < -0.3 is 54.2 Å². The van der Waals surface area contributed by atoms with Crippen LogP contribution in [0.4, 0.5) is 22.4 Å². The highest BCUT2D eigenvalue weighted by molar-refractivity contribution is 6.05. The fraction of sp³-hybridized carbons (Fsp3) is 0.167. The third kappa shape index (κ3) is 16.6. The lowest BCUT2D eigenvalue weighted by atomic mass is 9.92. The Morgan fingerprint density at radius 1 is 0.363 bits per heavy atom. The molecule has 20 nitrogen and oxygen atoms in total. The number of amides is 1. The zero-order valence-electron chi connectivity index (χ0n) is 55.7. The molecule has 0 saturated carbocycles. The summed E-state index contributed by atoms with van der Waals surface area (Å²) in [5, 5.41) is 34.3. The summed E-state index contributed by atoms with van der Waals surface area (Å²) in [7, 11) is 7.82. The van der Waals surface area contributed by atoms with Gasteiger partial charge in [0.1, 0.15) is 74.2 Å². The van der Waals surface area contributed by atoms with Crippen LogP contribution in [0.25, 0.3) is 43.6 Å². The molecule has 0 aliphatic carbocycles. The zero-order valence-corrected chi connectivity index (χ0v) is 55.7. The molecule has 0 spiro atoms. The number of nitrogens with zero attached hydrogens (tertiary/aromatic N) is 4. The fourth-order valence-electron chi connectivity index (χ4n) is 11.6.